The van der Waals surface area contributed by atoms with Gasteiger partial charge >= 0.3 is 17.9 Å². The molecule has 0 aliphatic heterocycles. The van der Waals surface area contributed by atoms with Gasteiger partial charge in [0.2, 0.25) is 0 Å². The number of carbonyl (C=O) groups is 3. The molecular formula is C50H96O6. The Kier molecular flexibility index (Phi) is 41.8. The number of esters is 3. The summed E-state index contributed by atoms with van der Waals surface area (Å²) in [5.41, 5.74) is 0. The van der Waals surface area contributed by atoms with Crippen molar-refractivity contribution < 1.29 is 28.6 Å². The van der Waals surface area contributed by atoms with Crippen LogP contribution in [0.5, 0.6) is 0 Å². The summed E-state index contributed by atoms with van der Waals surface area (Å²) < 4.78 is 16.7. The summed E-state index contributed by atoms with van der Waals surface area (Å²) in [6.45, 7) is 11.3. The maximum Gasteiger partial charge on any atom is 0.306 e. The molecule has 0 amide bonds. The number of carbonyl (C=O) groups excluding carboxylic acids is 3. The van der Waals surface area contributed by atoms with Crippen LogP contribution < -0.4 is 0 Å². The summed E-state index contributed by atoms with van der Waals surface area (Å²) in [5.74, 6) is 0.778. The fraction of sp³-hybridized carbons (Fsp3) is 0.940. The van der Waals surface area contributed by atoms with Crippen molar-refractivity contribution in [3.63, 3.8) is 0 Å². The van der Waals surface area contributed by atoms with Crippen LogP contribution in [0.4, 0.5) is 0 Å². The van der Waals surface area contributed by atoms with Crippen LogP contribution in [-0.4, -0.2) is 37.2 Å². The number of rotatable bonds is 44. The molecule has 0 saturated carbocycles. The monoisotopic (exact) mass is 793 g/mol. The van der Waals surface area contributed by atoms with Crippen molar-refractivity contribution in [2.75, 3.05) is 13.2 Å². The van der Waals surface area contributed by atoms with Crippen molar-refractivity contribution in [1.29, 1.82) is 0 Å². The van der Waals surface area contributed by atoms with E-state index in [9.17, 15) is 14.4 Å². The van der Waals surface area contributed by atoms with E-state index >= 15 is 0 Å². The summed E-state index contributed by atoms with van der Waals surface area (Å²) in [6, 6.07) is 0. The average molecular weight is 793 g/mol. The van der Waals surface area contributed by atoms with E-state index in [0.29, 0.717) is 19.3 Å². The third kappa shape index (κ3) is 43.5. The second-order valence-corrected chi connectivity index (χ2v) is 18.1. The highest BCUT2D eigenvalue weighted by Gasteiger charge is 2.19. The maximum absolute atomic E-state index is 12.7. The SMILES string of the molecule is CCCCCCCCCC(=O)OC[C@H](COC(=O)CCCCCCCCCC(C)C)OC(=O)CCCCCCCCCCCCCCCCCCCCC(C)C. The highest BCUT2D eigenvalue weighted by atomic mass is 16.6. The first-order valence-electron chi connectivity index (χ1n) is 24.7. The van der Waals surface area contributed by atoms with E-state index < -0.39 is 6.10 Å². The molecule has 0 saturated heterocycles. The molecule has 0 radical (unpaired) electrons. The fourth-order valence-corrected chi connectivity index (χ4v) is 7.46. The molecule has 56 heavy (non-hydrogen) atoms. The van der Waals surface area contributed by atoms with E-state index in [0.717, 1.165) is 69.6 Å². The first kappa shape index (κ1) is 54.4. The normalized spacial score (nSPS) is 12.1. The van der Waals surface area contributed by atoms with Crippen LogP contribution in [0, 0.1) is 11.8 Å². The largest absolute Gasteiger partial charge is 0.462 e. The van der Waals surface area contributed by atoms with Crippen LogP contribution >= 0.6 is 0 Å². The van der Waals surface area contributed by atoms with Gasteiger partial charge in [0.25, 0.3) is 0 Å². The van der Waals surface area contributed by atoms with Gasteiger partial charge in [-0.25, -0.2) is 0 Å². The molecule has 1 atom stereocenters. The lowest BCUT2D eigenvalue weighted by molar-refractivity contribution is -0.167. The number of ether oxygens (including phenoxy) is 3. The van der Waals surface area contributed by atoms with Gasteiger partial charge in [-0.1, -0.05) is 234 Å². The first-order chi connectivity index (χ1) is 27.2. The molecule has 332 valence electrons. The van der Waals surface area contributed by atoms with Crippen LogP contribution in [0.2, 0.25) is 0 Å². The van der Waals surface area contributed by atoms with Gasteiger partial charge in [-0.3, -0.25) is 14.4 Å². The van der Waals surface area contributed by atoms with Crippen LogP contribution in [0.15, 0.2) is 0 Å². The van der Waals surface area contributed by atoms with Crippen molar-refractivity contribution >= 4 is 17.9 Å². The van der Waals surface area contributed by atoms with Gasteiger partial charge in [0.05, 0.1) is 0 Å². The predicted molar refractivity (Wildman–Crippen MR) is 238 cm³/mol. The molecule has 0 aliphatic carbocycles. The molecule has 0 aromatic carbocycles. The molecule has 0 heterocycles. The van der Waals surface area contributed by atoms with Crippen LogP contribution in [0.25, 0.3) is 0 Å². The van der Waals surface area contributed by atoms with Gasteiger partial charge in [0, 0.05) is 19.3 Å². The van der Waals surface area contributed by atoms with Gasteiger partial charge < -0.3 is 14.2 Å². The Morgan fingerprint density at radius 3 is 0.875 bits per heavy atom. The molecular weight excluding hydrogens is 697 g/mol. The van der Waals surface area contributed by atoms with Crippen molar-refractivity contribution in [1.82, 2.24) is 0 Å². The Morgan fingerprint density at radius 1 is 0.339 bits per heavy atom. The van der Waals surface area contributed by atoms with E-state index in [2.05, 4.69) is 34.6 Å². The quantitative estimate of drug-likeness (QED) is 0.0347. The Balaban J connectivity index is 4.13. The van der Waals surface area contributed by atoms with E-state index in [1.54, 1.807) is 0 Å². The smallest absolute Gasteiger partial charge is 0.306 e. The molecule has 0 aromatic rings. The molecule has 0 unspecified atom stereocenters. The van der Waals surface area contributed by atoms with E-state index in [4.69, 9.17) is 14.2 Å². The predicted octanol–water partition coefficient (Wildman–Crippen LogP) is 15.8. The molecule has 0 aliphatic rings. The van der Waals surface area contributed by atoms with Gasteiger partial charge in [-0.15, -0.1) is 0 Å². The maximum atomic E-state index is 12.7. The van der Waals surface area contributed by atoms with E-state index in [1.165, 1.54) is 161 Å². The number of unbranched alkanes of at least 4 members (excludes halogenated alkanes) is 29. The molecule has 0 aromatic heterocycles. The topological polar surface area (TPSA) is 78.9 Å². The van der Waals surface area contributed by atoms with Crippen LogP contribution in [0.1, 0.15) is 272 Å². The van der Waals surface area contributed by atoms with Crippen molar-refractivity contribution in [3.05, 3.63) is 0 Å². The third-order valence-electron chi connectivity index (χ3n) is 11.2. The first-order valence-corrected chi connectivity index (χ1v) is 24.7. The molecule has 0 spiro atoms. The third-order valence-corrected chi connectivity index (χ3v) is 11.2. The van der Waals surface area contributed by atoms with Gasteiger partial charge in [0.15, 0.2) is 6.10 Å². The molecule has 0 rings (SSSR count). The lowest BCUT2D eigenvalue weighted by atomic mass is 10.0. The molecule has 0 N–H and O–H groups in total. The average Bonchev–Trinajstić information content (AvgIpc) is 3.16. The summed E-state index contributed by atoms with van der Waals surface area (Å²) in [6.07, 6.45) is 42.6. The minimum absolute atomic E-state index is 0.0655. The second kappa shape index (κ2) is 43.0. The lowest BCUT2D eigenvalue weighted by Gasteiger charge is -2.18. The van der Waals surface area contributed by atoms with Gasteiger partial charge in [-0.05, 0) is 31.1 Å². The zero-order chi connectivity index (χ0) is 41.2. The lowest BCUT2D eigenvalue weighted by Crippen LogP contribution is -2.30. The second-order valence-electron chi connectivity index (χ2n) is 18.1. The fourth-order valence-electron chi connectivity index (χ4n) is 7.46. The zero-order valence-corrected chi connectivity index (χ0v) is 38.3. The van der Waals surface area contributed by atoms with Crippen molar-refractivity contribution in [3.8, 4) is 0 Å². The number of hydrogen-bond donors (Lipinski definition) is 0. The van der Waals surface area contributed by atoms with Crippen LogP contribution in [0.3, 0.4) is 0 Å². The van der Waals surface area contributed by atoms with Crippen molar-refractivity contribution in [2.45, 2.75) is 278 Å². The Labute approximate surface area is 348 Å². The Hall–Kier alpha value is -1.59. The van der Waals surface area contributed by atoms with Gasteiger partial charge in [-0.2, -0.15) is 0 Å². The minimum Gasteiger partial charge on any atom is -0.462 e. The molecule has 0 bridgehead atoms. The van der Waals surface area contributed by atoms with Crippen molar-refractivity contribution in [2.24, 2.45) is 11.8 Å². The standard InChI is InChI=1S/C50H96O6/c1-6-7-8-9-23-30-35-40-48(51)54-43-47(44-55-49(52)41-36-31-27-22-25-29-34-39-46(4)5)56-50(53)42-37-32-26-21-19-17-15-13-11-10-12-14-16-18-20-24-28-33-38-45(2)3/h45-47H,6-44H2,1-5H3/t47-/m1/s1. The molecule has 6 heteroatoms. The van der Waals surface area contributed by atoms with E-state index in [1.807, 2.05) is 0 Å². The highest BCUT2D eigenvalue weighted by molar-refractivity contribution is 5.71. The number of hydrogen-bond acceptors (Lipinski definition) is 6. The minimum atomic E-state index is -0.760. The zero-order valence-electron chi connectivity index (χ0n) is 38.3. The Bertz CT molecular complexity index is 854. The summed E-state index contributed by atoms with van der Waals surface area (Å²) >= 11 is 0. The Morgan fingerprint density at radius 2 is 0.589 bits per heavy atom. The molecule has 0 fully saturated rings. The highest BCUT2D eigenvalue weighted by Crippen LogP contribution is 2.17. The summed E-state index contributed by atoms with van der Waals surface area (Å²) in [4.78, 5) is 37.6. The molecule has 6 nitrogen and oxygen atoms in total. The van der Waals surface area contributed by atoms with Gasteiger partial charge in [0.1, 0.15) is 13.2 Å². The summed E-state index contributed by atoms with van der Waals surface area (Å²) in [5, 5.41) is 0. The van der Waals surface area contributed by atoms with Crippen LogP contribution in [-0.2, 0) is 28.6 Å². The summed E-state index contributed by atoms with van der Waals surface area (Å²) in [7, 11) is 0. The van der Waals surface area contributed by atoms with E-state index in [-0.39, 0.29) is 31.1 Å².